The van der Waals surface area contributed by atoms with Gasteiger partial charge in [0.05, 0.1) is 13.7 Å². The second kappa shape index (κ2) is 7.53. The third-order valence-electron chi connectivity index (χ3n) is 5.53. The van der Waals surface area contributed by atoms with Crippen molar-refractivity contribution in [2.45, 2.75) is 24.8 Å². The molecule has 2 fully saturated rings. The van der Waals surface area contributed by atoms with Crippen LogP contribution in [0, 0.1) is 0 Å². The minimum absolute atomic E-state index is 0.0153. The second-order valence-electron chi connectivity index (χ2n) is 6.84. The van der Waals surface area contributed by atoms with E-state index in [9.17, 15) is 9.90 Å². The van der Waals surface area contributed by atoms with E-state index in [1.165, 1.54) is 6.33 Å². The zero-order chi connectivity index (χ0) is 17.9. The molecule has 0 radical (unpaired) electrons. The Kier molecular flexibility index (Phi) is 5.39. The standard InChI is InChI=1S/C17H27N5O3/c1-20-7-8-22(14-11-15(25-2)19-13-18-14)12-17(20)4-3-16(24)21(6-5-17)9-10-23/h11,13,23H,3-10,12H2,1-2H3/t17-/m1/s1. The van der Waals surface area contributed by atoms with Gasteiger partial charge in [0, 0.05) is 50.7 Å². The topological polar surface area (TPSA) is 82.0 Å². The number of aliphatic hydroxyl groups is 1. The number of aromatic nitrogens is 2. The number of amides is 1. The van der Waals surface area contributed by atoms with Gasteiger partial charge in [0.25, 0.3) is 0 Å². The van der Waals surface area contributed by atoms with E-state index < -0.39 is 0 Å². The maximum absolute atomic E-state index is 12.3. The number of piperazine rings is 1. The van der Waals surface area contributed by atoms with Crippen LogP contribution in [-0.2, 0) is 4.79 Å². The highest BCUT2D eigenvalue weighted by molar-refractivity contribution is 5.76. The van der Waals surface area contributed by atoms with E-state index in [0.717, 1.165) is 38.3 Å². The van der Waals surface area contributed by atoms with Crippen LogP contribution >= 0.6 is 0 Å². The molecule has 1 aromatic rings. The fraction of sp³-hybridized carbons (Fsp3) is 0.706. The summed E-state index contributed by atoms with van der Waals surface area (Å²) >= 11 is 0. The first-order chi connectivity index (χ1) is 12.1. The maximum atomic E-state index is 12.3. The molecule has 1 spiro atoms. The van der Waals surface area contributed by atoms with E-state index in [1.54, 1.807) is 12.0 Å². The van der Waals surface area contributed by atoms with Crippen molar-refractivity contribution in [1.29, 1.82) is 0 Å². The lowest BCUT2D eigenvalue weighted by Gasteiger charge is -2.49. The molecule has 1 aromatic heterocycles. The normalized spacial score (nSPS) is 25.3. The van der Waals surface area contributed by atoms with Crippen molar-refractivity contribution in [3.63, 3.8) is 0 Å². The summed E-state index contributed by atoms with van der Waals surface area (Å²) in [4.78, 5) is 27.2. The summed E-state index contributed by atoms with van der Waals surface area (Å²) in [7, 11) is 3.74. The van der Waals surface area contributed by atoms with Crippen molar-refractivity contribution in [3.05, 3.63) is 12.4 Å². The fourth-order valence-corrected chi connectivity index (χ4v) is 3.86. The van der Waals surface area contributed by atoms with Crippen LogP contribution in [0.25, 0.3) is 0 Å². The lowest BCUT2D eigenvalue weighted by molar-refractivity contribution is -0.131. The molecule has 0 aliphatic carbocycles. The molecule has 0 unspecified atom stereocenters. The summed E-state index contributed by atoms with van der Waals surface area (Å²) in [6, 6.07) is 1.86. The highest BCUT2D eigenvalue weighted by Gasteiger charge is 2.42. The van der Waals surface area contributed by atoms with E-state index in [0.29, 0.717) is 25.4 Å². The minimum Gasteiger partial charge on any atom is -0.481 e. The lowest BCUT2D eigenvalue weighted by Crippen LogP contribution is -2.61. The number of anilines is 1. The zero-order valence-electron chi connectivity index (χ0n) is 15.0. The number of nitrogens with zero attached hydrogens (tertiary/aromatic N) is 5. The molecule has 2 saturated heterocycles. The Morgan fingerprint density at radius 1 is 1.28 bits per heavy atom. The molecule has 2 aliphatic rings. The molecule has 3 heterocycles. The van der Waals surface area contributed by atoms with Gasteiger partial charge < -0.3 is 19.6 Å². The van der Waals surface area contributed by atoms with Gasteiger partial charge in [-0.1, -0.05) is 0 Å². The van der Waals surface area contributed by atoms with Crippen LogP contribution in [0.4, 0.5) is 5.82 Å². The molecule has 1 N–H and O–H groups in total. The molecule has 1 atom stereocenters. The number of rotatable bonds is 4. The van der Waals surface area contributed by atoms with Gasteiger partial charge in [-0.15, -0.1) is 0 Å². The summed E-state index contributed by atoms with van der Waals surface area (Å²) in [5.74, 6) is 1.56. The van der Waals surface area contributed by atoms with Crippen molar-refractivity contribution in [2.24, 2.45) is 0 Å². The number of likely N-dealkylation sites (N-methyl/N-ethyl adjacent to an activating group) is 1. The van der Waals surface area contributed by atoms with Crippen molar-refractivity contribution >= 4 is 11.7 Å². The molecule has 138 valence electrons. The Morgan fingerprint density at radius 3 is 2.88 bits per heavy atom. The molecule has 3 rings (SSSR count). The monoisotopic (exact) mass is 349 g/mol. The Hall–Kier alpha value is -1.93. The summed E-state index contributed by atoms with van der Waals surface area (Å²) in [6.07, 6.45) is 3.76. The number of ether oxygens (including phenoxy) is 1. The highest BCUT2D eigenvalue weighted by Crippen LogP contribution is 2.33. The Morgan fingerprint density at radius 2 is 2.12 bits per heavy atom. The summed E-state index contributed by atoms with van der Waals surface area (Å²) in [5.41, 5.74) is -0.0592. The van der Waals surface area contributed by atoms with E-state index >= 15 is 0 Å². The van der Waals surface area contributed by atoms with Crippen LogP contribution in [-0.4, -0.2) is 89.8 Å². The fourth-order valence-electron chi connectivity index (χ4n) is 3.86. The number of carbonyl (C=O) groups excluding carboxylic acids is 1. The number of likely N-dealkylation sites (tertiary alicyclic amines) is 1. The Balaban J connectivity index is 1.79. The van der Waals surface area contributed by atoms with Gasteiger partial charge in [0.1, 0.15) is 12.1 Å². The SMILES string of the molecule is COc1cc(N2CCN(C)[C@@]3(CCC(=O)N(CCO)CC3)C2)ncn1. The molecule has 0 aromatic carbocycles. The molecular formula is C17H27N5O3. The summed E-state index contributed by atoms with van der Waals surface area (Å²) < 4.78 is 5.22. The zero-order valence-corrected chi connectivity index (χ0v) is 15.0. The highest BCUT2D eigenvalue weighted by atomic mass is 16.5. The van der Waals surface area contributed by atoms with Gasteiger partial charge in [-0.2, -0.15) is 0 Å². The van der Waals surface area contributed by atoms with Crippen LogP contribution in [0.15, 0.2) is 12.4 Å². The number of methoxy groups -OCH3 is 1. The summed E-state index contributed by atoms with van der Waals surface area (Å²) in [5, 5.41) is 9.18. The van der Waals surface area contributed by atoms with E-state index in [1.807, 2.05) is 6.07 Å². The second-order valence-corrected chi connectivity index (χ2v) is 6.84. The Labute approximate surface area is 148 Å². The third kappa shape index (κ3) is 3.69. The summed E-state index contributed by atoms with van der Waals surface area (Å²) in [6.45, 7) is 3.74. The molecule has 25 heavy (non-hydrogen) atoms. The van der Waals surface area contributed by atoms with Crippen molar-refractivity contribution < 1.29 is 14.6 Å². The van der Waals surface area contributed by atoms with Crippen LogP contribution in [0.5, 0.6) is 5.88 Å². The molecule has 1 amide bonds. The first-order valence-electron chi connectivity index (χ1n) is 8.79. The van der Waals surface area contributed by atoms with Crippen molar-refractivity contribution in [3.8, 4) is 5.88 Å². The third-order valence-corrected chi connectivity index (χ3v) is 5.53. The van der Waals surface area contributed by atoms with Crippen LogP contribution in [0.3, 0.4) is 0 Å². The largest absolute Gasteiger partial charge is 0.481 e. The molecule has 2 aliphatic heterocycles. The van der Waals surface area contributed by atoms with Gasteiger partial charge in [0.2, 0.25) is 11.8 Å². The lowest BCUT2D eigenvalue weighted by atomic mass is 9.86. The Bertz CT molecular complexity index is 614. The molecule has 8 heteroatoms. The first-order valence-corrected chi connectivity index (χ1v) is 8.79. The van der Waals surface area contributed by atoms with Gasteiger partial charge in [-0.05, 0) is 19.9 Å². The molecular weight excluding hydrogens is 322 g/mol. The van der Waals surface area contributed by atoms with Crippen LogP contribution < -0.4 is 9.64 Å². The average Bonchev–Trinajstić information content (AvgIpc) is 2.79. The smallest absolute Gasteiger partial charge is 0.222 e. The van der Waals surface area contributed by atoms with E-state index in [-0.39, 0.29) is 18.1 Å². The number of hydrogen-bond acceptors (Lipinski definition) is 7. The van der Waals surface area contributed by atoms with Gasteiger partial charge in [0.15, 0.2) is 0 Å². The van der Waals surface area contributed by atoms with Crippen LogP contribution in [0.1, 0.15) is 19.3 Å². The predicted octanol–water partition coefficient (Wildman–Crippen LogP) is -0.0194. The van der Waals surface area contributed by atoms with Gasteiger partial charge in [-0.25, -0.2) is 9.97 Å². The first kappa shape index (κ1) is 17.9. The maximum Gasteiger partial charge on any atom is 0.222 e. The van der Waals surface area contributed by atoms with E-state index in [4.69, 9.17) is 4.74 Å². The molecule has 0 bridgehead atoms. The quantitative estimate of drug-likeness (QED) is 0.818. The van der Waals surface area contributed by atoms with Crippen molar-refractivity contribution in [2.75, 3.05) is 58.4 Å². The van der Waals surface area contributed by atoms with Crippen molar-refractivity contribution in [1.82, 2.24) is 19.8 Å². The average molecular weight is 349 g/mol. The van der Waals surface area contributed by atoms with Crippen LogP contribution in [0.2, 0.25) is 0 Å². The number of hydrogen-bond donors (Lipinski definition) is 1. The molecule has 8 nitrogen and oxygen atoms in total. The number of β-amino-alcohol motifs (C(OH)–C–C–N with tert-alkyl or cyclic N) is 1. The van der Waals surface area contributed by atoms with E-state index in [2.05, 4.69) is 26.8 Å². The predicted molar refractivity (Wildman–Crippen MR) is 93.7 cm³/mol. The number of aliphatic hydroxyl groups excluding tert-OH is 1. The minimum atomic E-state index is -0.0592. The van der Waals surface area contributed by atoms with Gasteiger partial charge >= 0.3 is 0 Å². The number of carbonyl (C=O) groups is 1. The molecule has 0 saturated carbocycles. The van der Waals surface area contributed by atoms with Gasteiger partial charge in [-0.3, -0.25) is 9.69 Å².